The van der Waals surface area contributed by atoms with Crippen molar-refractivity contribution in [3.63, 3.8) is 0 Å². The van der Waals surface area contributed by atoms with E-state index in [4.69, 9.17) is 0 Å². The molecule has 9 heterocycles. The van der Waals surface area contributed by atoms with E-state index in [1.54, 1.807) is 42.2 Å². The second-order valence-corrected chi connectivity index (χ2v) is 20.3. The van der Waals surface area contributed by atoms with Crippen LogP contribution >= 0.6 is 11.3 Å². The highest BCUT2D eigenvalue weighted by Crippen LogP contribution is 2.45. The van der Waals surface area contributed by atoms with E-state index in [9.17, 15) is 24.0 Å². The van der Waals surface area contributed by atoms with E-state index in [0.29, 0.717) is 45.2 Å². The highest BCUT2D eigenvalue weighted by molar-refractivity contribution is 7.13. The summed E-state index contributed by atoms with van der Waals surface area (Å²) in [5.41, 5.74) is 5.16. The molecule has 21 heteroatoms. The topological polar surface area (TPSA) is 185 Å². The molecule has 6 aromatic rings. The standard InChI is InChI=1S/C49H47F3N12O5S/c50-36-19-30(18-33-34(36)21-64(45(33)68)42(44(67)56-46-53-12-17-70-46)41-38-2-1-13-61(38)27-54-41)28-3-6-31(7-4-28)62-24-48(25-62)22-59(23-48)14-11-40(66)60-15-9-35(49(51,52)26-60)29-5-8-32-37(20-29)57-58-43(32)63-16-10-39(65)55-47(63)69/h3-8,12,17-20,27,35,42H,1-2,9-11,13-16,21-26H2,(H,57,58)(H,53,56,67)(H,55,65,69). The van der Waals surface area contributed by atoms with Crippen LogP contribution in [0.5, 0.6) is 0 Å². The number of nitrogens with zero attached hydrogens (tertiary/aromatic N) is 9. The number of anilines is 3. The Morgan fingerprint density at radius 1 is 0.929 bits per heavy atom. The minimum atomic E-state index is -3.15. The molecule has 12 rings (SSSR count). The lowest BCUT2D eigenvalue weighted by molar-refractivity contribution is -0.145. The van der Waals surface area contributed by atoms with Crippen molar-refractivity contribution in [2.24, 2.45) is 5.41 Å². The first-order valence-electron chi connectivity index (χ1n) is 23.5. The number of aromatic nitrogens is 5. The summed E-state index contributed by atoms with van der Waals surface area (Å²) in [7, 11) is 0. The van der Waals surface area contributed by atoms with Crippen molar-refractivity contribution in [2.75, 3.05) is 67.5 Å². The molecule has 0 bridgehead atoms. The number of H-pyrrole nitrogens is 1. The zero-order chi connectivity index (χ0) is 48.1. The molecular weight excluding hydrogens is 926 g/mol. The van der Waals surface area contributed by atoms with E-state index in [2.05, 4.69) is 40.6 Å². The van der Waals surface area contributed by atoms with Crippen molar-refractivity contribution in [2.45, 2.75) is 63.1 Å². The van der Waals surface area contributed by atoms with E-state index in [1.165, 1.54) is 32.1 Å². The van der Waals surface area contributed by atoms with Crippen LogP contribution < -0.4 is 20.4 Å². The highest BCUT2D eigenvalue weighted by Gasteiger charge is 2.52. The van der Waals surface area contributed by atoms with Crippen molar-refractivity contribution in [3.05, 3.63) is 106 Å². The number of benzene rings is 3. The van der Waals surface area contributed by atoms with Gasteiger partial charge in [0.05, 0.1) is 36.5 Å². The first-order chi connectivity index (χ1) is 33.8. The lowest BCUT2D eigenvalue weighted by Crippen LogP contribution is -2.72. The van der Waals surface area contributed by atoms with E-state index in [1.807, 2.05) is 28.8 Å². The average molecular weight is 973 g/mol. The van der Waals surface area contributed by atoms with Gasteiger partial charge in [0.25, 0.3) is 17.7 Å². The predicted octanol–water partition coefficient (Wildman–Crippen LogP) is 5.91. The number of urea groups is 1. The monoisotopic (exact) mass is 972 g/mol. The third-order valence-corrected chi connectivity index (χ3v) is 15.6. The van der Waals surface area contributed by atoms with Gasteiger partial charge in [-0.15, -0.1) is 11.3 Å². The number of aromatic amines is 1. The lowest BCUT2D eigenvalue weighted by Gasteiger charge is -2.61. The highest BCUT2D eigenvalue weighted by atomic mass is 32.1. The Bertz CT molecular complexity index is 3110. The van der Waals surface area contributed by atoms with Crippen molar-refractivity contribution in [1.82, 2.24) is 44.7 Å². The number of carbonyl (C=O) groups is 5. The quantitative estimate of drug-likeness (QED) is 0.141. The number of likely N-dealkylation sites (tertiary alicyclic amines) is 2. The molecule has 70 heavy (non-hydrogen) atoms. The zero-order valence-electron chi connectivity index (χ0n) is 37.8. The van der Waals surface area contributed by atoms with Gasteiger partial charge in [0.1, 0.15) is 5.82 Å². The molecular formula is C49H47F3N12O5S. The molecule has 1 spiro atoms. The summed E-state index contributed by atoms with van der Waals surface area (Å²) >= 11 is 1.27. The van der Waals surface area contributed by atoms with Crippen molar-refractivity contribution < 1.29 is 37.1 Å². The number of imidazole rings is 1. The van der Waals surface area contributed by atoms with Crippen LogP contribution in [-0.4, -0.2) is 127 Å². The third-order valence-electron chi connectivity index (χ3n) is 14.9. The molecule has 6 aliphatic heterocycles. The number of hydrogen-bond donors (Lipinski definition) is 3. The van der Waals surface area contributed by atoms with Gasteiger partial charge >= 0.3 is 6.03 Å². The predicted molar refractivity (Wildman–Crippen MR) is 252 cm³/mol. The molecule has 6 aliphatic rings. The molecule has 3 aromatic heterocycles. The van der Waals surface area contributed by atoms with Crippen LogP contribution in [0.3, 0.4) is 0 Å². The number of aryl methyl sites for hydroxylation is 1. The van der Waals surface area contributed by atoms with Crippen LogP contribution in [0, 0.1) is 11.2 Å². The number of alkyl halides is 2. The van der Waals surface area contributed by atoms with Gasteiger partial charge in [0.2, 0.25) is 11.8 Å². The van der Waals surface area contributed by atoms with E-state index in [-0.39, 0.29) is 67.3 Å². The molecule has 3 aromatic carbocycles. The van der Waals surface area contributed by atoms with Gasteiger partial charge < -0.3 is 24.2 Å². The van der Waals surface area contributed by atoms with Crippen molar-refractivity contribution in [3.8, 4) is 11.1 Å². The number of halogens is 3. The summed E-state index contributed by atoms with van der Waals surface area (Å²) in [6.07, 6.45) is 5.29. The number of amides is 6. The van der Waals surface area contributed by atoms with Crippen LogP contribution in [0.2, 0.25) is 0 Å². The van der Waals surface area contributed by atoms with Crippen LogP contribution in [0.25, 0.3) is 22.0 Å². The number of fused-ring (bicyclic) bond motifs is 3. The number of rotatable bonds is 11. The molecule has 17 nitrogen and oxygen atoms in total. The van der Waals surface area contributed by atoms with Gasteiger partial charge in [0.15, 0.2) is 17.0 Å². The molecule has 0 saturated carbocycles. The van der Waals surface area contributed by atoms with Gasteiger partial charge in [-0.2, -0.15) is 5.10 Å². The molecule has 3 N–H and O–H groups in total. The lowest BCUT2D eigenvalue weighted by atomic mass is 9.72. The minimum Gasteiger partial charge on any atom is -0.370 e. The van der Waals surface area contributed by atoms with Crippen molar-refractivity contribution in [1.29, 1.82) is 0 Å². The molecule has 0 aliphatic carbocycles. The maximum absolute atomic E-state index is 16.0. The maximum atomic E-state index is 16.0. The molecule has 2 unspecified atom stereocenters. The molecule has 0 radical (unpaired) electrons. The van der Waals surface area contributed by atoms with Crippen molar-refractivity contribution >= 4 is 68.5 Å². The Morgan fingerprint density at radius 3 is 2.53 bits per heavy atom. The summed E-state index contributed by atoms with van der Waals surface area (Å²) < 4.78 is 49.4. The summed E-state index contributed by atoms with van der Waals surface area (Å²) in [5, 5.41) is 14.9. The summed E-state index contributed by atoms with van der Waals surface area (Å²) in [4.78, 5) is 82.5. The number of nitrogens with one attached hydrogen (secondary N) is 3. The number of carbonyl (C=O) groups excluding carboxylic acids is 5. The molecule has 4 fully saturated rings. The fourth-order valence-electron chi connectivity index (χ4n) is 11.4. The Kier molecular flexibility index (Phi) is 10.6. The first kappa shape index (κ1) is 44.1. The first-order valence-corrected chi connectivity index (χ1v) is 24.4. The second kappa shape index (κ2) is 16.8. The summed E-state index contributed by atoms with van der Waals surface area (Å²) in [6, 6.07) is 14.2. The molecule has 6 amide bonds. The average Bonchev–Trinajstić information content (AvgIpc) is 4.18. The number of thiazole rings is 1. The molecule has 360 valence electrons. The molecule has 2 atom stereocenters. The fraction of sp³-hybridized carbons (Fsp3) is 0.388. The normalized spacial score (nSPS) is 20.9. The smallest absolute Gasteiger partial charge is 0.329 e. The minimum absolute atomic E-state index is 0.0742. The van der Waals surface area contributed by atoms with Gasteiger partial charge in [-0.05, 0) is 72.4 Å². The third kappa shape index (κ3) is 7.65. The Hall–Kier alpha value is -7.13. The van der Waals surface area contributed by atoms with Gasteiger partial charge in [0, 0.05) is 110 Å². The fourth-order valence-corrected chi connectivity index (χ4v) is 12.0. The van der Waals surface area contributed by atoms with E-state index >= 15 is 13.2 Å². The number of hydrogen-bond acceptors (Lipinski definition) is 11. The van der Waals surface area contributed by atoms with Gasteiger partial charge in [-0.3, -0.25) is 39.8 Å². The zero-order valence-corrected chi connectivity index (χ0v) is 38.6. The van der Waals surface area contributed by atoms with Gasteiger partial charge in [-0.1, -0.05) is 18.2 Å². The Balaban J connectivity index is 0.631. The molecule has 4 saturated heterocycles. The Morgan fingerprint density at radius 2 is 1.76 bits per heavy atom. The number of imide groups is 1. The SMILES string of the molecule is O=C1CCN(c2n[nH]c3cc(C4CCN(C(=O)CCN5CC6(C5)CN(c5ccc(-c7cc(F)c8c(c7)C(=O)N(C(C(=O)Nc7nccs7)c7ncn9c7CCC9)C8)cc5)C6)CC4(F)F)ccc23)C(=O)N1. The number of piperidine rings is 1. The van der Waals surface area contributed by atoms with E-state index < -0.39 is 48.1 Å². The van der Waals surface area contributed by atoms with Crippen LogP contribution in [-0.2, 0) is 33.9 Å². The van der Waals surface area contributed by atoms with Crippen LogP contribution in [0.1, 0.15) is 70.5 Å². The maximum Gasteiger partial charge on any atom is 0.329 e. The Labute approximate surface area is 402 Å². The summed E-state index contributed by atoms with van der Waals surface area (Å²) in [5.74, 6) is -6.00. The largest absolute Gasteiger partial charge is 0.370 e. The van der Waals surface area contributed by atoms with Crippen LogP contribution in [0.4, 0.5) is 34.6 Å². The van der Waals surface area contributed by atoms with Crippen LogP contribution in [0.15, 0.2) is 72.5 Å². The van der Waals surface area contributed by atoms with Gasteiger partial charge in [-0.25, -0.2) is 27.9 Å². The van der Waals surface area contributed by atoms with E-state index in [0.717, 1.165) is 62.5 Å². The summed E-state index contributed by atoms with van der Waals surface area (Å²) in [6.45, 7) is 4.18. The second-order valence-electron chi connectivity index (χ2n) is 19.4.